The van der Waals surface area contributed by atoms with Gasteiger partial charge in [-0.3, -0.25) is 10.1 Å². The summed E-state index contributed by atoms with van der Waals surface area (Å²) in [4.78, 5) is 25.1. The van der Waals surface area contributed by atoms with Crippen LogP contribution in [0.25, 0.3) is 10.3 Å². The standard InChI is InChI=1S/C22H24N4O4S2/c1-26-12-10-15(13-26)30-19(14-4-6-16(7-5-14)32(28,29)17-8-9-17)20(27)25-22-24-18-3-2-11-23-21(18)31-22/h2-7,11,15,17,19H,8-10,12-13H2,1H3,(H,24,25,27). The molecular formula is C22H24N4O4S2. The molecule has 3 aromatic rings. The predicted molar refractivity (Wildman–Crippen MR) is 122 cm³/mol. The first kappa shape index (κ1) is 21.4. The van der Waals surface area contributed by atoms with E-state index in [4.69, 9.17) is 4.74 Å². The molecule has 0 spiro atoms. The van der Waals surface area contributed by atoms with Crippen LogP contribution in [-0.2, 0) is 19.4 Å². The van der Waals surface area contributed by atoms with E-state index in [1.54, 1.807) is 36.5 Å². The second-order valence-corrected chi connectivity index (χ2v) is 11.5. The van der Waals surface area contributed by atoms with Crippen molar-refractivity contribution in [2.75, 3.05) is 25.5 Å². The number of pyridine rings is 1. The summed E-state index contributed by atoms with van der Waals surface area (Å²) < 4.78 is 31.3. The third kappa shape index (κ3) is 4.40. The van der Waals surface area contributed by atoms with Gasteiger partial charge in [0.05, 0.1) is 16.2 Å². The lowest BCUT2D eigenvalue weighted by molar-refractivity contribution is -0.131. The summed E-state index contributed by atoms with van der Waals surface area (Å²) in [6.07, 6.45) is 2.99. The van der Waals surface area contributed by atoms with Crippen LogP contribution in [0.5, 0.6) is 0 Å². The smallest absolute Gasteiger partial charge is 0.259 e. The Morgan fingerprint density at radius 1 is 1.22 bits per heavy atom. The number of thiazole rings is 1. The van der Waals surface area contributed by atoms with Gasteiger partial charge in [-0.2, -0.15) is 0 Å². The first-order valence-electron chi connectivity index (χ1n) is 10.6. The van der Waals surface area contributed by atoms with Gasteiger partial charge in [0.1, 0.15) is 10.3 Å². The summed E-state index contributed by atoms with van der Waals surface area (Å²) in [6.45, 7) is 1.64. The van der Waals surface area contributed by atoms with Crippen molar-refractivity contribution in [3.63, 3.8) is 0 Å². The lowest BCUT2D eigenvalue weighted by atomic mass is 10.1. The fourth-order valence-electron chi connectivity index (χ4n) is 3.89. The number of likely N-dealkylation sites (tertiary alicyclic amines) is 1. The van der Waals surface area contributed by atoms with Crippen molar-refractivity contribution in [1.82, 2.24) is 14.9 Å². The normalized spacial score (nSPS) is 20.5. The number of aromatic nitrogens is 2. The second-order valence-electron chi connectivity index (χ2n) is 8.34. The van der Waals surface area contributed by atoms with Gasteiger partial charge in [-0.05, 0) is 56.1 Å². The molecule has 3 heterocycles. The number of fused-ring (bicyclic) bond motifs is 1. The van der Waals surface area contributed by atoms with Gasteiger partial charge >= 0.3 is 0 Å². The minimum atomic E-state index is -3.28. The summed E-state index contributed by atoms with van der Waals surface area (Å²) in [5, 5.41) is 3.04. The number of sulfone groups is 1. The van der Waals surface area contributed by atoms with Gasteiger partial charge in [0.15, 0.2) is 21.1 Å². The highest BCUT2D eigenvalue weighted by atomic mass is 32.2. The van der Waals surface area contributed by atoms with Crippen molar-refractivity contribution in [2.24, 2.45) is 0 Å². The molecule has 1 aliphatic heterocycles. The van der Waals surface area contributed by atoms with Gasteiger partial charge in [0.25, 0.3) is 5.91 Å². The maximum absolute atomic E-state index is 13.2. The van der Waals surface area contributed by atoms with E-state index in [0.717, 1.165) is 29.9 Å². The van der Waals surface area contributed by atoms with Gasteiger partial charge in [0, 0.05) is 19.3 Å². The monoisotopic (exact) mass is 472 g/mol. The number of anilines is 1. The molecule has 2 unspecified atom stereocenters. The Hall–Kier alpha value is -2.40. The molecule has 2 aliphatic rings. The molecule has 0 bridgehead atoms. The molecule has 2 atom stereocenters. The Kier molecular flexibility index (Phi) is 5.70. The number of carbonyl (C=O) groups excluding carboxylic acids is 1. The number of amides is 1. The van der Waals surface area contributed by atoms with Crippen LogP contribution >= 0.6 is 11.3 Å². The van der Waals surface area contributed by atoms with Crippen LogP contribution in [0.2, 0.25) is 0 Å². The van der Waals surface area contributed by atoms with E-state index in [0.29, 0.717) is 28.4 Å². The Morgan fingerprint density at radius 3 is 2.66 bits per heavy atom. The maximum Gasteiger partial charge on any atom is 0.259 e. The van der Waals surface area contributed by atoms with Crippen molar-refractivity contribution in [3.05, 3.63) is 48.2 Å². The largest absolute Gasteiger partial charge is 0.359 e. The van der Waals surface area contributed by atoms with E-state index in [1.807, 2.05) is 13.1 Å². The molecular weight excluding hydrogens is 448 g/mol. The van der Waals surface area contributed by atoms with Gasteiger partial charge in [-0.15, -0.1) is 0 Å². The number of likely N-dealkylation sites (N-methyl/N-ethyl adjacent to an activating group) is 1. The number of ether oxygens (including phenoxy) is 1. The molecule has 8 nitrogen and oxygen atoms in total. The zero-order valence-electron chi connectivity index (χ0n) is 17.6. The molecule has 168 valence electrons. The third-order valence-electron chi connectivity index (χ3n) is 5.79. The van der Waals surface area contributed by atoms with Gasteiger partial charge in [0.2, 0.25) is 0 Å². The van der Waals surface area contributed by atoms with Crippen LogP contribution in [-0.4, -0.2) is 60.7 Å². The van der Waals surface area contributed by atoms with Crippen LogP contribution in [0, 0.1) is 0 Å². The molecule has 1 aromatic carbocycles. The van der Waals surface area contributed by atoms with E-state index in [1.165, 1.54) is 11.3 Å². The Labute approximate surface area is 190 Å². The Morgan fingerprint density at radius 2 is 2.00 bits per heavy atom. The summed E-state index contributed by atoms with van der Waals surface area (Å²) in [5.41, 5.74) is 1.34. The molecule has 32 heavy (non-hydrogen) atoms. The minimum absolute atomic E-state index is 0.0809. The zero-order valence-corrected chi connectivity index (χ0v) is 19.2. The van der Waals surface area contributed by atoms with E-state index in [2.05, 4.69) is 20.2 Å². The molecule has 1 saturated heterocycles. The molecule has 2 fully saturated rings. The van der Waals surface area contributed by atoms with E-state index < -0.39 is 15.9 Å². The first-order chi connectivity index (χ1) is 15.4. The van der Waals surface area contributed by atoms with Crippen LogP contribution in [0.3, 0.4) is 0 Å². The minimum Gasteiger partial charge on any atom is -0.359 e. The van der Waals surface area contributed by atoms with Gasteiger partial charge in [-0.25, -0.2) is 18.4 Å². The fraction of sp³-hybridized carbons (Fsp3) is 0.409. The highest BCUT2D eigenvalue weighted by molar-refractivity contribution is 7.92. The molecule has 1 aliphatic carbocycles. The number of hydrogen-bond acceptors (Lipinski definition) is 8. The average molecular weight is 473 g/mol. The van der Waals surface area contributed by atoms with Crippen molar-refractivity contribution in [1.29, 1.82) is 0 Å². The molecule has 0 radical (unpaired) electrons. The number of benzene rings is 1. The molecule has 10 heteroatoms. The summed E-state index contributed by atoms with van der Waals surface area (Å²) >= 11 is 1.30. The zero-order chi connectivity index (χ0) is 22.3. The van der Waals surface area contributed by atoms with Crippen LogP contribution in [0.4, 0.5) is 5.13 Å². The van der Waals surface area contributed by atoms with Crippen molar-refractivity contribution < 1.29 is 17.9 Å². The number of hydrogen-bond donors (Lipinski definition) is 1. The van der Waals surface area contributed by atoms with E-state index >= 15 is 0 Å². The topological polar surface area (TPSA) is 101 Å². The SMILES string of the molecule is CN1CCC(OC(C(=O)Nc2nc3cccnc3s2)c2ccc(S(=O)(=O)C3CC3)cc2)C1. The maximum atomic E-state index is 13.2. The second kappa shape index (κ2) is 8.51. The Balaban J connectivity index is 1.39. The highest BCUT2D eigenvalue weighted by Crippen LogP contribution is 2.34. The molecule has 5 rings (SSSR count). The molecule has 2 aromatic heterocycles. The fourth-order valence-corrected chi connectivity index (χ4v) is 6.35. The number of nitrogens with zero attached hydrogens (tertiary/aromatic N) is 3. The highest BCUT2D eigenvalue weighted by Gasteiger charge is 2.37. The summed E-state index contributed by atoms with van der Waals surface area (Å²) in [6, 6.07) is 10.2. The number of carbonyl (C=O) groups is 1. The summed E-state index contributed by atoms with van der Waals surface area (Å²) in [5.74, 6) is -0.337. The summed E-state index contributed by atoms with van der Waals surface area (Å²) in [7, 11) is -1.27. The number of rotatable bonds is 7. The molecule has 1 amide bonds. The van der Waals surface area contributed by atoms with E-state index in [-0.39, 0.29) is 17.3 Å². The molecule has 1 saturated carbocycles. The first-order valence-corrected chi connectivity index (χ1v) is 13.0. The third-order valence-corrected chi connectivity index (χ3v) is 8.96. The van der Waals surface area contributed by atoms with Crippen LogP contribution in [0.1, 0.15) is 30.9 Å². The van der Waals surface area contributed by atoms with Crippen LogP contribution < -0.4 is 5.32 Å². The van der Waals surface area contributed by atoms with Gasteiger partial charge in [-0.1, -0.05) is 23.5 Å². The predicted octanol–water partition coefficient (Wildman–Crippen LogP) is 3.03. The van der Waals surface area contributed by atoms with Crippen molar-refractivity contribution in [2.45, 2.75) is 41.6 Å². The average Bonchev–Trinajstić information content (AvgIpc) is 3.45. The Bertz CT molecular complexity index is 1210. The lowest BCUT2D eigenvalue weighted by Crippen LogP contribution is -2.29. The quantitative estimate of drug-likeness (QED) is 0.564. The van der Waals surface area contributed by atoms with E-state index in [9.17, 15) is 13.2 Å². The van der Waals surface area contributed by atoms with Crippen LogP contribution in [0.15, 0.2) is 47.5 Å². The number of nitrogens with one attached hydrogen (secondary N) is 1. The lowest BCUT2D eigenvalue weighted by Gasteiger charge is -2.22. The molecule has 1 N–H and O–H groups in total. The van der Waals surface area contributed by atoms with Gasteiger partial charge < -0.3 is 9.64 Å². The van der Waals surface area contributed by atoms with Crippen molar-refractivity contribution >= 4 is 42.6 Å². The van der Waals surface area contributed by atoms with Crippen molar-refractivity contribution in [3.8, 4) is 0 Å².